The summed E-state index contributed by atoms with van der Waals surface area (Å²) >= 11 is 2.01. The van der Waals surface area contributed by atoms with Gasteiger partial charge in [0.1, 0.15) is 17.2 Å². The number of hydrogen-bond donors (Lipinski definition) is 0. The van der Waals surface area contributed by atoms with Crippen molar-refractivity contribution < 1.29 is 0 Å². The molecule has 2 atom stereocenters. The Morgan fingerprint density at radius 2 is 2.11 bits per heavy atom. The van der Waals surface area contributed by atoms with Crippen molar-refractivity contribution in [2.24, 2.45) is 0 Å². The first-order valence-electron chi connectivity index (χ1n) is 7.46. The van der Waals surface area contributed by atoms with E-state index in [-0.39, 0.29) is 0 Å². The average molecular weight is 275 g/mol. The molecule has 0 spiro atoms. The molecule has 2 unspecified atom stereocenters. The zero-order valence-electron chi connectivity index (χ0n) is 11.7. The molecule has 1 aromatic rings. The van der Waals surface area contributed by atoms with Gasteiger partial charge in [-0.1, -0.05) is 24.6 Å². The first-order valence-corrected chi connectivity index (χ1v) is 8.27. The van der Waals surface area contributed by atoms with Gasteiger partial charge in [-0.3, -0.25) is 0 Å². The van der Waals surface area contributed by atoms with E-state index in [0.29, 0.717) is 10.7 Å². The molecule has 0 saturated heterocycles. The first kappa shape index (κ1) is 12.0. The fourth-order valence-electron chi connectivity index (χ4n) is 3.77. The van der Waals surface area contributed by atoms with Gasteiger partial charge in [-0.2, -0.15) is 0 Å². The predicted octanol–water partition coefficient (Wildman–Crippen LogP) is 3.60. The third-order valence-corrected chi connectivity index (χ3v) is 6.56. The van der Waals surface area contributed by atoms with Crippen molar-refractivity contribution in [3.05, 3.63) is 11.9 Å². The number of aromatic nitrogens is 2. The quantitative estimate of drug-likeness (QED) is 0.771. The number of thioether (sulfide) groups is 1. The minimum atomic E-state index is 0.371. The summed E-state index contributed by atoms with van der Waals surface area (Å²) < 4.78 is 0.371. The van der Waals surface area contributed by atoms with E-state index < -0.39 is 0 Å². The van der Waals surface area contributed by atoms with Gasteiger partial charge in [-0.25, -0.2) is 9.97 Å². The zero-order valence-corrected chi connectivity index (χ0v) is 12.5. The van der Waals surface area contributed by atoms with Crippen LogP contribution in [0.2, 0.25) is 0 Å². The van der Waals surface area contributed by atoms with Gasteiger partial charge in [0.05, 0.1) is 0 Å². The van der Waals surface area contributed by atoms with Crippen LogP contribution < -0.4 is 4.90 Å². The molecule has 2 saturated carbocycles. The Balaban J connectivity index is 1.79. The van der Waals surface area contributed by atoms with E-state index in [4.69, 9.17) is 0 Å². The van der Waals surface area contributed by atoms with Crippen LogP contribution in [0.3, 0.4) is 0 Å². The summed E-state index contributed by atoms with van der Waals surface area (Å²) in [6, 6.07) is 0.722. The number of nitrogens with zero attached hydrogens (tertiary/aromatic N) is 3. The molecular formula is C15H21N3S. The van der Waals surface area contributed by atoms with Crippen molar-refractivity contribution in [3.8, 4) is 0 Å². The van der Waals surface area contributed by atoms with Crippen LogP contribution in [0.15, 0.2) is 11.4 Å². The van der Waals surface area contributed by atoms with Gasteiger partial charge in [0.25, 0.3) is 0 Å². The van der Waals surface area contributed by atoms with Gasteiger partial charge in [-0.05, 0) is 32.6 Å². The normalized spacial score (nSPS) is 32.8. The summed E-state index contributed by atoms with van der Waals surface area (Å²) in [5, 5.41) is 1.26. The van der Waals surface area contributed by atoms with E-state index in [9.17, 15) is 0 Å². The van der Waals surface area contributed by atoms with Crippen LogP contribution in [0.4, 0.5) is 5.82 Å². The Morgan fingerprint density at radius 3 is 2.89 bits per heavy atom. The molecule has 1 aromatic heterocycles. The second kappa shape index (κ2) is 4.11. The SMILES string of the molecule is CN(c1ncnc2c1C1CCCCC1(C)S2)C1CC1. The third kappa shape index (κ3) is 1.79. The molecule has 0 radical (unpaired) electrons. The summed E-state index contributed by atoms with van der Waals surface area (Å²) in [6.45, 7) is 2.43. The molecule has 0 N–H and O–H groups in total. The largest absolute Gasteiger partial charge is 0.356 e. The van der Waals surface area contributed by atoms with Gasteiger partial charge in [-0.15, -0.1) is 0 Å². The maximum Gasteiger partial charge on any atom is 0.136 e. The highest BCUT2D eigenvalue weighted by Gasteiger charge is 2.48. The summed E-state index contributed by atoms with van der Waals surface area (Å²) in [4.78, 5) is 11.6. The molecule has 2 fully saturated rings. The Hall–Kier alpha value is -0.770. The Kier molecular flexibility index (Phi) is 2.60. The Morgan fingerprint density at radius 1 is 1.26 bits per heavy atom. The molecule has 19 heavy (non-hydrogen) atoms. The van der Waals surface area contributed by atoms with Crippen LogP contribution in [0, 0.1) is 0 Å². The zero-order chi connectivity index (χ0) is 13.0. The molecule has 0 aromatic carbocycles. The van der Waals surface area contributed by atoms with Crippen molar-refractivity contribution in [3.63, 3.8) is 0 Å². The first-order chi connectivity index (χ1) is 9.19. The summed E-state index contributed by atoms with van der Waals surface area (Å²) in [7, 11) is 2.21. The Labute approximate surface area is 119 Å². The molecule has 0 amide bonds. The monoisotopic (exact) mass is 275 g/mol. The molecule has 3 nitrogen and oxygen atoms in total. The van der Waals surface area contributed by atoms with Crippen molar-refractivity contribution in [2.45, 2.75) is 67.2 Å². The lowest BCUT2D eigenvalue weighted by molar-refractivity contribution is 0.372. The van der Waals surface area contributed by atoms with Gasteiger partial charge in [0, 0.05) is 29.3 Å². The van der Waals surface area contributed by atoms with Crippen LogP contribution in [-0.2, 0) is 0 Å². The van der Waals surface area contributed by atoms with Crippen LogP contribution in [0.5, 0.6) is 0 Å². The molecule has 2 heterocycles. The van der Waals surface area contributed by atoms with Gasteiger partial charge in [0.15, 0.2) is 0 Å². The van der Waals surface area contributed by atoms with Crippen molar-refractivity contribution in [1.29, 1.82) is 0 Å². The van der Waals surface area contributed by atoms with Crippen LogP contribution in [0.1, 0.15) is 56.9 Å². The molecule has 102 valence electrons. The molecule has 1 aliphatic heterocycles. The number of anilines is 1. The van der Waals surface area contributed by atoms with E-state index in [2.05, 4.69) is 28.8 Å². The van der Waals surface area contributed by atoms with Crippen LogP contribution in [-0.4, -0.2) is 27.8 Å². The lowest BCUT2D eigenvalue weighted by Gasteiger charge is -2.35. The smallest absolute Gasteiger partial charge is 0.136 e. The summed E-state index contributed by atoms with van der Waals surface area (Å²) in [6.07, 6.45) is 9.78. The van der Waals surface area contributed by atoms with Crippen LogP contribution in [0.25, 0.3) is 0 Å². The summed E-state index contributed by atoms with van der Waals surface area (Å²) in [5.41, 5.74) is 1.46. The molecule has 3 aliphatic rings. The average Bonchev–Trinajstić information content (AvgIpc) is 3.19. The molecule has 2 aliphatic carbocycles. The van der Waals surface area contributed by atoms with Gasteiger partial charge < -0.3 is 4.90 Å². The molecular weight excluding hydrogens is 254 g/mol. The van der Waals surface area contributed by atoms with E-state index in [1.807, 2.05) is 11.8 Å². The highest BCUT2D eigenvalue weighted by atomic mass is 32.2. The molecule has 0 bridgehead atoms. The topological polar surface area (TPSA) is 29.0 Å². The van der Waals surface area contributed by atoms with Gasteiger partial charge in [0.2, 0.25) is 0 Å². The van der Waals surface area contributed by atoms with Crippen molar-refractivity contribution >= 4 is 17.6 Å². The lowest BCUT2D eigenvalue weighted by atomic mass is 9.76. The molecule has 4 heteroatoms. The maximum absolute atomic E-state index is 4.64. The minimum absolute atomic E-state index is 0.371. The number of hydrogen-bond acceptors (Lipinski definition) is 4. The van der Waals surface area contributed by atoms with Gasteiger partial charge >= 0.3 is 0 Å². The highest BCUT2D eigenvalue weighted by Crippen LogP contribution is 2.60. The number of fused-ring (bicyclic) bond motifs is 3. The molecule has 4 rings (SSSR count). The standard InChI is InChI=1S/C15H21N3S/c1-15-8-4-3-5-11(15)12-13(18(2)10-6-7-10)16-9-17-14(12)19-15/h9-11H,3-8H2,1-2H3. The van der Waals surface area contributed by atoms with E-state index in [1.165, 1.54) is 54.9 Å². The minimum Gasteiger partial charge on any atom is -0.356 e. The lowest BCUT2D eigenvalue weighted by Crippen LogP contribution is -2.30. The van der Waals surface area contributed by atoms with E-state index >= 15 is 0 Å². The van der Waals surface area contributed by atoms with E-state index in [0.717, 1.165) is 6.04 Å². The third-order valence-electron chi connectivity index (χ3n) is 5.09. The van der Waals surface area contributed by atoms with Crippen molar-refractivity contribution in [2.75, 3.05) is 11.9 Å². The second-order valence-corrected chi connectivity index (χ2v) is 7.99. The summed E-state index contributed by atoms with van der Waals surface area (Å²) in [5.74, 6) is 1.88. The fourth-order valence-corrected chi connectivity index (χ4v) is 5.28. The predicted molar refractivity (Wildman–Crippen MR) is 78.9 cm³/mol. The maximum atomic E-state index is 4.64. The van der Waals surface area contributed by atoms with Crippen LogP contribution >= 0.6 is 11.8 Å². The van der Waals surface area contributed by atoms with E-state index in [1.54, 1.807) is 6.33 Å². The highest BCUT2D eigenvalue weighted by molar-refractivity contribution is 8.01. The van der Waals surface area contributed by atoms with Crippen molar-refractivity contribution in [1.82, 2.24) is 9.97 Å². The fraction of sp³-hybridized carbons (Fsp3) is 0.733. The Bertz CT molecular complexity index is 514. The second-order valence-electron chi connectivity index (χ2n) is 6.47. The number of rotatable bonds is 2.